The summed E-state index contributed by atoms with van der Waals surface area (Å²) < 4.78 is 0. The lowest BCUT2D eigenvalue weighted by atomic mass is 9.78. The van der Waals surface area contributed by atoms with E-state index in [4.69, 9.17) is 0 Å². The Balaban J connectivity index is 4.46. The number of aliphatic hydroxyl groups is 1. The SMILES string of the molecule is C[C@@H](CC(C)(C)C)[C@@H](O)C(=O)C(C)(C)C. The zero-order chi connectivity index (χ0) is 12.4. The number of rotatable bonds is 3. The van der Waals surface area contributed by atoms with Crippen molar-refractivity contribution in [2.75, 3.05) is 0 Å². The first-order valence-electron chi connectivity index (χ1n) is 5.67. The van der Waals surface area contributed by atoms with Crippen LogP contribution in [0.5, 0.6) is 0 Å². The maximum atomic E-state index is 11.8. The molecule has 0 aromatic carbocycles. The molecule has 2 nitrogen and oxygen atoms in total. The Labute approximate surface area is 94.1 Å². The van der Waals surface area contributed by atoms with E-state index in [0.29, 0.717) is 0 Å². The minimum atomic E-state index is -0.829. The van der Waals surface area contributed by atoms with Gasteiger partial charge >= 0.3 is 0 Å². The first-order valence-corrected chi connectivity index (χ1v) is 5.67. The molecule has 0 saturated carbocycles. The summed E-state index contributed by atoms with van der Waals surface area (Å²) in [6, 6.07) is 0. The van der Waals surface area contributed by atoms with Crippen LogP contribution in [0.4, 0.5) is 0 Å². The van der Waals surface area contributed by atoms with Crippen LogP contribution in [0.15, 0.2) is 0 Å². The van der Waals surface area contributed by atoms with E-state index < -0.39 is 11.5 Å². The van der Waals surface area contributed by atoms with Crippen LogP contribution < -0.4 is 0 Å². The van der Waals surface area contributed by atoms with Gasteiger partial charge in [0.25, 0.3) is 0 Å². The topological polar surface area (TPSA) is 37.3 Å². The number of Topliss-reactive ketones (excluding diaryl/α,β-unsaturated/α-hetero) is 1. The van der Waals surface area contributed by atoms with Crippen LogP contribution in [0.2, 0.25) is 0 Å². The second-order valence-electron chi connectivity index (χ2n) is 6.80. The van der Waals surface area contributed by atoms with Crippen LogP contribution in [0.1, 0.15) is 54.9 Å². The Morgan fingerprint density at radius 3 is 1.80 bits per heavy atom. The predicted octanol–water partition coefficient (Wildman–Crippen LogP) is 3.03. The molecule has 0 fully saturated rings. The maximum absolute atomic E-state index is 11.8. The molecule has 0 aromatic heterocycles. The van der Waals surface area contributed by atoms with Gasteiger partial charge in [0, 0.05) is 5.41 Å². The standard InChI is InChI=1S/C13H26O2/c1-9(8-12(2,3)4)10(14)11(15)13(5,6)7/h9-10,14H,8H2,1-7H3/t9-,10+/m0/s1. The van der Waals surface area contributed by atoms with Gasteiger partial charge in [-0.25, -0.2) is 0 Å². The van der Waals surface area contributed by atoms with Crippen molar-refractivity contribution in [3.63, 3.8) is 0 Å². The van der Waals surface area contributed by atoms with Gasteiger partial charge in [0.1, 0.15) is 6.10 Å². The second-order valence-corrected chi connectivity index (χ2v) is 6.80. The van der Waals surface area contributed by atoms with Crippen LogP contribution in [-0.4, -0.2) is 17.0 Å². The third kappa shape index (κ3) is 5.31. The summed E-state index contributed by atoms with van der Waals surface area (Å²) in [4.78, 5) is 11.8. The molecule has 2 atom stereocenters. The summed E-state index contributed by atoms with van der Waals surface area (Å²) in [5.74, 6) is -0.0315. The highest BCUT2D eigenvalue weighted by molar-refractivity contribution is 5.87. The molecule has 1 N–H and O–H groups in total. The molecular weight excluding hydrogens is 188 g/mol. The lowest BCUT2D eigenvalue weighted by molar-refractivity contribution is -0.137. The largest absolute Gasteiger partial charge is 0.385 e. The summed E-state index contributed by atoms with van der Waals surface area (Å²) in [5.41, 5.74) is -0.301. The van der Waals surface area contributed by atoms with E-state index in [-0.39, 0.29) is 17.1 Å². The highest BCUT2D eigenvalue weighted by atomic mass is 16.3. The molecule has 0 bridgehead atoms. The average Bonchev–Trinajstić information content (AvgIpc) is 1.96. The van der Waals surface area contributed by atoms with Gasteiger partial charge < -0.3 is 5.11 Å². The Morgan fingerprint density at radius 1 is 1.13 bits per heavy atom. The normalized spacial score (nSPS) is 17.3. The van der Waals surface area contributed by atoms with Crippen molar-refractivity contribution in [1.82, 2.24) is 0 Å². The van der Waals surface area contributed by atoms with Crippen molar-refractivity contribution in [1.29, 1.82) is 0 Å². The lowest BCUT2D eigenvalue weighted by Crippen LogP contribution is -2.38. The van der Waals surface area contributed by atoms with Crippen molar-refractivity contribution in [2.24, 2.45) is 16.7 Å². The van der Waals surface area contributed by atoms with Gasteiger partial charge in [-0.1, -0.05) is 48.5 Å². The average molecular weight is 214 g/mol. The van der Waals surface area contributed by atoms with E-state index in [1.807, 2.05) is 27.7 Å². The van der Waals surface area contributed by atoms with E-state index in [1.54, 1.807) is 0 Å². The highest BCUT2D eigenvalue weighted by Gasteiger charge is 2.33. The lowest BCUT2D eigenvalue weighted by Gasteiger charge is -2.29. The molecule has 0 radical (unpaired) electrons. The fourth-order valence-corrected chi connectivity index (χ4v) is 1.78. The molecular formula is C13H26O2. The summed E-state index contributed by atoms with van der Waals surface area (Å²) in [6.07, 6.45) is 0.0277. The van der Waals surface area contributed by atoms with Crippen LogP contribution in [0, 0.1) is 16.7 Å². The molecule has 0 aromatic rings. The molecule has 0 heterocycles. The molecule has 0 saturated heterocycles. The van der Waals surface area contributed by atoms with Crippen LogP contribution in [-0.2, 0) is 4.79 Å². The van der Waals surface area contributed by atoms with Crippen molar-refractivity contribution in [3.8, 4) is 0 Å². The highest BCUT2D eigenvalue weighted by Crippen LogP contribution is 2.29. The van der Waals surface area contributed by atoms with Crippen molar-refractivity contribution in [3.05, 3.63) is 0 Å². The number of hydrogen-bond acceptors (Lipinski definition) is 2. The van der Waals surface area contributed by atoms with Crippen LogP contribution in [0.25, 0.3) is 0 Å². The fraction of sp³-hybridized carbons (Fsp3) is 0.923. The first kappa shape index (κ1) is 14.6. The Kier molecular flexibility index (Phi) is 4.53. The number of hydrogen-bond donors (Lipinski definition) is 1. The Morgan fingerprint density at radius 2 is 1.53 bits per heavy atom. The Bertz CT molecular complexity index is 218. The molecule has 90 valence electrons. The molecule has 15 heavy (non-hydrogen) atoms. The van der Waals surface area contributed by atoms with Gasteiger partial charge in [0.05, 0.1) is 0 Å². The van der Waals surface area contributed by atoms with Gasteiger partial charge in [-0.05, 0) is 17.8 Å². The first-order chi connectivity index (χ1) is 6.45. The zero-order valence-corrected chi connectivity index (χ0v) is 11.2. The third-order valence-corrected chi connectivity index (χ3v) is 2.48. The number of ketones is 1. The molecule has 0 rings (SSSR count). The fourth-order valence-electron chi connectivity index (χ4n) is 1.78. The summed E-state index contributed by atoms with van der Waals surface area (Å²) in [7, 11) is 0. The maximum Gasteiger partial charge on any atom is 0.166 e. The van der Waals surface area contributed by atoms with Gasteiger partial charge in [-0.3, -0.25) is 4.79 Å². The van der Waals surface area contributed by atoms with Crippen molar-refractivity contribution < 1.29 is 9.90 Å². The van der Waals surface area contributed by atoms with E-state index in [9.17, 15) is 9.90 Å². The van der Waals surface area contributed by atoms with E-state index in [1.165, 1.54) is 0 Å². The third-order valence-electron chi connectivity index (χ3n) is 2.48. The summed E-state index contributed by atoms with van der Waals surface area (Å²) >= 11 is 0. The van der Waals surface area contributed by atoms with Gasteiger partial charge in [0.15, 0.2) is 5.78 Å². The van der Waals surface area contributed by atoms with Gasteiger partial charge in [0.2, 0.25) is 0 Å². The Hall–Kier alpha value is -0.370. The van der Waals surface area contributed by atoms with E-state index >= 15 is 0 Å². The van der Waals surface area contributed by atoms with Crippen LogP contribution >= 0.6 is 0 Å². The summed E-state index contributed by atoms with van der Waals surface area (Å²) in [6.45, 7) is 13.9. The molecule has 0 aliphatic rings. The number of carbonyl (C=O) groups excluding carboxylic acids is 1. The van der Waals surface area contributed by atoms with Crippen LogP contribution in [0.3, 0.4) is 0 Å². The molecule has 2 heteroatoms. The second kappa shape index (κ2) is 4.65. The molecule has 0 aliphatic heterocycles. The number of aliphatic hydroxyl groups excluding tert-OH is 1. The molecule has 0 amide bonds. The van der Waals surface area contributed by atoms with Crippen molar-refractivity contribution in [2.45, 2.75) is 61.0 Å². The molecule has 0 aliphatic carbocycles. The van der Waals surface area contributed by atoms with Gasteiger partial charge in [-0.15, -0.1) is 0 Å². The van der Waals surface area contributed by atoms with E-state index in [0.717, 1.165) is 6.42 Å². The number of carbonyl (C=O) groups is 1. The molecule has 0 unspecified atom stereocenters. The van der Waals surface area contributed by atoms with Crippen molar-refractivity contribution >= 4 is 5.78 Å². The predicted molar refractivity (Wildman–Crippen MR) is 63.7 cm³/mol. The monoisotopic (exact) mass is 214 g/mol. The minimum absolute atomic E-state index is 0.0247. The van der Waals surface area contributed by atoms with Gasteiger partial charge in [-0.2, -0.15) is 0 Å². The van der Waals surface area contributed by atoms with E-state index in [2.05, 4.69) is 20.8 Å². The minimum Gasteiger partial charge on any atom is -0.385 e. The smallest absolute Gasteiger partial charge is 0.166 e. The molecule has 0 spiro atoms. The zero-order valence-electron chi connectivity index (χ0n) is 11.2. The quantitative estimate of drug-likeness (QED) is 0.784. The summed E-state index contributed by atoms with van der Waals surface area (Å²) in [5, 5.41) is 9.94.